The van der Waals surface area contributed by atoms with Crippen LogP contribution in [0.1, 0.15) is 67.7 Å². The van der Waals surface area contributed by atoms with Crippen LogP contribution in [-0.4, -0.2) is 0 Å². The van der Waals surface area contributed by atoms with Crippen LogP contribution in [-0.2, 0) is 0 Å². The van der Waals surface area contributed by atoms with Gasteiger partial charge in [0.1, 0.15) is 5.82 Å². The van der Waals surface area contributed by atoms with Crippen LogP contribution in [0.3, 0.4) is 0 Å². The second-order valence-electron chi connectivity index (χ2n) is 6.23. The SMILES string of the molecule is Cc1cc(C)c(C(NN)C2CCCCCCC2)c(F)c1. The summed E-state index contributed by atoms with van der Waals surface area (Å²) in [5, 5.41) is 0. The van der Waals surface area contributed by atoms with Crippen molar-refractivity contribution in [3.8, 4) is 0 Å². The van der Waals surface area contributed by atoms with E-state index in [2.05, 4.69) is 5.43 Å². The molecule has 0 saturated heterocycles. The van der Waals surface area contributed by atoms with E-state index in [4.69, 9.17) is 5.84 Å². The largest absolute Gasteiger partial charge is 0.271 e. The molecule has 1 saturated carbocycles. The minimum absolute atomic E-state index is 0.0614. The van der Waals surface area contributed by atoms with Gasteiger partial charge in [-0.25, -0.2) is 4.39 Å². The molecule has 1 fully saturated rings. The first-order valence-corrected chi connectivity index (χ1v) is 7.86. The lowest BCUT2D eigenvalue weighted by Crippen LogP contribution is -2.35. The monoisotopic (exact) mass is 278 g/mol. The Morgan fingerprint density at radius 2 is 1.70 bits per heavy atom. The number of benzene rings is 1. The van der Waals surface area contributed by atoms with Crippen LogP contribution in [0.25, 0.3) is 0 Å². The molecule has 2 rings (SSSR count). The summed E-state index contributed by atoms with van der Waals surface area (Å²) in [7, 11) is 0. The summed E-state index contributed by atoms with van der Waals surface area (Å²) in [6, 6.07) is 3.61. The van der Waals surface area contributed by atoms with Crippen LogP contribution in [0.4, 0.5) is 4.39 Å². The summed E-state index contributed by atoms with van der Waals surface area (Å²) in [6.45, 7) is 3.92. The standard InChI is InChI=1S/C17H27FN2/c1-12-10-13(2)16(15(18)11-12)17(20-19)14-8-6-4-3-5-7-9-14/h10-11,14,17,20H,3-9,19H2,1-2H3. The third-order valence-corrected chi connectivity index (χ3v) is 4.59. The maximum Gasteiger partial charge on any atom is 0.128 e. The quantitative estimate of drug-likeness (QED) is 0.639. The van der Waals surface area contributed by atoms with Gasteiger partial charge >= 0.3 is 0 Å². The van der Waals surface area contributed by atoms with Crippen LogP contribution < -0.4 is 11.3 Å². The minimum atomic E-state index is -0.118. The summed E-state index contributed by atoms with van der Waals surface area (Å²) in [5.41, 5.74) is 5.64. The third-order valence-electron chi connectivity index (χ3n) is 4.59. The molecule has 3 N–H and O–H groups in total. The first kappa shape index (κ1) is 15.5. The molecule has 1 aromatic rings. The molecule has 3 heteroatoms. The normalized spacial score (nSPS) is 19.4. The van der Waals surface area contributed by atoms with Gasteiger partial charge in [0, 0.05) is 5.56 Å². The lowest BCUT2D eigenvalue weighted by Gasteiger charge is -2.30. The predicted molar refractivity (Wildman–Crippen MR) is 81.7 cm³/mol. The summed E-state index contributed by atoms with van der Waals surface area (Å²) in [5.74, 6) is 6.11. The molecule has 0 spiro atoms. The maximum atomic E-state index is 14.4. The predicted octanol–water partition coefficient (Wildman–Crippen LogP) is 4.31. The Hall–Kier alpha value is -0.930. The molecule has 0 aromatic heterocycles. The van der Waals surface area contributed by atoms with E-state index in [0.29, 0.717) is 5.92 Å². The zero-order valence-electron chi connectivity index (χ0n) is 12.7. The van der Waals surface area contributed by atoms with E-state index in [1.54, 1.807) is 6.07 Å². The van der Waals surface area contributed by atoms with Crippen molar-refractivity contribution < 1.29 is 4.39 Å². The second kappa shape index (κ2) is 7.19. The fourth-order valence-electron chi connectivity index (χ4n) is 3.60. The molecule has 0 radical (unpaired) electrons. The molecular formula is C17H27FN2. The average Bonchev–Trinajstić information content (AvgIpc) is 2.34. The van der Waals surface area contributed by atoms with E-state index in [0.717, 1.165) is 29.5 Å². The van der Waals surface area contributed by atoms with E-state index < -0.39 is 0 Å². The maximum absolute atomic E-state index is 14.4. The smallest absolute Gasteiger partial charge is 0.128 e. The van der Waals surface area contributed by atoms with Crippen LogP contribution in [0.15, 0.2) is 12.1 Å². The van der Waals surface area contributed by atoms with Gasteiger partial charge in [-0.2, -0.15) is 0 Å². The van der Waals surface area contributed by atoms with Crippen LogP contribution in [0.5, 0.6) is 0 Å². The van der Waals surface area contributed by atoms with Crippen molar-refractivity contribution in [2.24, 2.45) is 11.8 Å². The van der Waals surface area contributed by atoms with Gasteiger partial charge in [0.2, 0.25) is 0 Å². The molecule has 0 heterocycles. The number of hydrazine groups is 1. The zero-order chi connectivity index (χ0) is 14.5. The van der Waals surface area contributed by atoms with Crippen molar-refractivity contribution >= 4 is 0 Å². The van der Waals surface area contributed by atoms with E-state index in [1.165, 1.54) is 32.1 Å². The van der Waals surface area contributed by atoms with E-state index in [9.17, 15) is 4.39 Å². The molecule has 1 atom stereocenters. The molecule has 1 aliphatic carbocycles. The molecular weight excluding hydrogens is 251 g/mol. The summed E-state index contributed by atoms with van der Waals surface area (Å²) >= 11 is 0. The van der Waals surface area contributed by atoms with Gasteiger partial charge in [-0.15, -0.1) is 0 Å². The number of aryl methyl sites for hydroxylation is 2. The van der Waals surface area contributed by atoms with Gasteiger partial charge < -0.3 is 0 Å². The summed E-state index contributed by atoms with van der Waals surface area (Å²) in [6.07, 6.45) is 8.67. The van der Waals surface area contributed by atoms with Gasteiger partial charge in [-0.3, -0.25) is 11.3 Å². The van der Waals surface area contributed by atoms with Gasteiger partial charge in [0.15, 0.2) is 0 Å². The molecule has 1 aliphatic rings. The topological polar surface area (TPSA) is 38.0 Å². The van der Waals surface area contributed by atoms with Crippen molar-refractivity contribution in [1.29, 1.82) is 0 Å². The highest BCUT2D eigenvalue weighted by molar-refractivity contribution is 5.34. The van der Waals surface area contributed by atoms with Crippen molar-refractivity contribution in [3.05, 3.63) is 34.6 Å². The lowest BCUT2D eigenvalue weighted by molar-refractivity contribution is 0.284. The molecule has 0 bridgehead atoms. The number of halogens is 1. The van der Waals surface area contributed by atoms with Gasteiger partial charge in [-0.05, 0) is 49.8 Å². The third kappa shape index (κ3) is 3.58. The summed E-state index contributed by atoms with van der Waals surface area (Å²) < 4.78 is 14.4. The Morgan fingerprint density at radius 1 is 1.10 bits per heavy atom. The van der Waals surface area contributed by atoms with E-state index in [-0.39, 0.29) is 11.9 Å². The highest BCUT2D eigenvalue weighted by atomic mass is 19.1. The highest BCUT2D eigenvalue weighted by Gasteiger charge is 2.26. The average molecular weight is 278 g/mol. The van der Waals surface area contributed by atoms with Crippen molar-refractivity contribution in [2.45, 2.75) is 64.8 Å². The minimum Gasteiger partial charge on any atom is -0.271 e. The Balaban J connectivity index is 2.26. The summed E-state index contributed by atoms with van der Waals surface area (Å²) in [4.78, 5) is 0. The first-order valence-electron chi connectivity index (χ1n) is 7.86. The second-order valence-corrected chi connectivity index (χ2v) is 6.23. The molecule has 1 aromatic carbocycles. The van der Waals surface area contributed by atoms with Crippen LogP contribution >= 0.6 is 0 Å². The highest BCUT2D eigenvalue weighted by Crippen LogP contribution is 2.35. The number of rotatable bonds is 3. The number of hydrogen-bond acceptors (Lipinski definition) is 2. The van der Waals surface area contributed by atoms with E-state index in [1.807, 2.05) is 19.9 Å². The van der Waals surface area contributed by atoms with Gasteiger partial charge in [-0.1, -0.05) is 38.2 Å². The number of hydrogen-bond donors (Lipinski definition) is 2. The van der Waals surface area contributed by atoms with Gasteiger partial charge in [0.05, 0.1) is 6.04 Å². The molecule has 2 nitrogen and oxygen atoms in total. The molecule has 20 heavy (non-hydrogen) atoms. The molecule has 0 aliphatic heterocycles. The van der Waals surface area contributed by atoms with Crippen LogP contribution in [0.2, 0.25) is 0 Å². The molecule has 112 valence electrons. The Labute approximate surface area is 121 Å². The zero-order valence-corrected chi connectivity index (χ0v) is 12.7. The van der Waals surface area contributed by atoms with Gasteiger partial charge in [0.25, 0.3) is 0 Å². The molecule has 1 unspecified atom stereocenters. The fraction of sp³-hybridized carbons (Fsp3) is 0.647. The lowest BCUT2D eigenvalue weighted by atomic mass is 9.81. The number of nitrogens with one attached hydrogen (secondary N) is 1. The number of nitrogens with two attached hydrogens (primary N) is 1. The fourth-order valence-corrected chi connectivity index (χ4v) is 3.60. The van der Waals surface area contributed by atoms with E-state index >= 15 is 0 Å². The Bertz CT molecular complexity index is 414. The van der Waals surface area contributed by atoms with Crippen molar-refractivity contribution in [1.82, 2.24) is 5.43 Å². The Morgan fingerprint density at radius 3 is 2.25 bits per heavy atom. The van der Waals surface area contributed by atoms with Crippen molar-refractivity contribution in [2.75, 3.05) is 0 Å². The van der Waals surface area contributed by atoms with Crippen LogP contribution in [0, 0.1) is 25.6 Å². The first-order chi connectivity index (χ1) is 9.63. The Kier molecular flexibility index (Phi) is 5.55. The van der Waals surface area contributed by atoms with Crippen molar-refractivity contribution in [3.63, 3.8) is 0 Å². The molecule has 0 amide bonds.